The van der Waals surface area contributed by atoms with E-state index in [-0.39, 0.29) is 0 Å². The molecule has 0 radical (unpaired) electrons. The predicted octanol–water partition coefficient (Wildman–Crippen LogP) is 16.2. The van der Waals surface area contributed by atoms with E-state index in [4.69, 9.17) is 13.8 Å². The van der Waals surface area contributed by atoms with Crippen molar-refractivity contribution in [3.8, 4) is 44.8 Å². The van der Waals surface area contributed by atoms with E-state index >= 15 is 0 Å². The number of para-hydroxylation sites is 3. The number of benzene rings is 10. The molecular weight excluding hydrogens is 745 g/mol. The fourth-order valence-corrected chi connectivity index (χ4v) is 9.01. The SMILES string of the molecule is c1ccc(-c2ccc(N(c3ccc(-c4ccccc4)cc3)c3cccc4c3oc3c5ccccc5cc(-c5ccc(-c6nc7ccccc7o6)c6ccccc56)c43)cc2)cc1. The Morgan fingerprint density at radius 2 is 0.902 bits per heavy atom. The van der Waals surface area contributed by atoms with Crippen molar-refractivity contribution in [3.05, 3.63) is 218 Å². The molecule has 61 heavy (non-hydrogen) atoms. The van der Waals surface area contributed by atoms with Gasteiger partial charge in [-0.1, -0.05) is 164 Å². The molecule has 0 saturated carbocycles. The van der Waals surface area contributed by atoms with Crippen LogP contribution in [0.25, 0.3) is 99.4 Å². The summed E-state index contributed by atoms with van der Waals surface area (Å²) in [6.07, 6.45) is 0. The molecule has 12 rings (SSSR count). The Balaban J connectivity index is 1.08. The van der Waals surface area contributed by atoms with Crippen molar-refractivity contribution in [2.75, 3.05) is 4.90 Å². The van der Waals surface area contributed by atoms with E-state index in [1.165, 1.54) is 11.1 Å². The Morgan fingerprint density at radius 1 is 0.361 bits per heavy atom. The zero-order valence-electron chi connectivity index (χ0n) is 33.0. The lowest BCUT2D eigenvalue weighted by molar-refractivity contribution is 0.620. The number of rotatable bonds is 7. The third-order valence-corrected chi connectivity index (χ3v) is 11.9. The fourth-order valence-electron chi connectivity index (χ4n) is 9.01. The van der Waals surface area contributed by atoms with Crippen molar-refractivity contribution >= 4 is 71.6 Å². The summed E-state index contributed by atoms with van der Waals surface area (Å²) in [6.45, 7) is 0. The van der Waals surface area contributed by atoms with E-state index in [0.29, 0.717) is 5.89 Å². The Bertz CT molecular complexity index is 3450. The maximum Gasteiger partial charge on any atom is 0.227 e. The number of hydrogen-bond donors (Lipinski definition) is 0. The highest BCUT2D eigenvalue weighted by atomic mass is 16.3. The second-order valence-electron chi connectivity index (χ2n) is 15.5. The summed E-state index contributed by atoms with van der Waals surface area (Å²) in [6, 6.07) is 76.9. The predicted molar refractivity (Wildman–Crippen MR) is 253 cm³/mol. The second kappa shape index (κ2) is 14.3. The lowest BCUT2D eigenvalue weighted by atomic mass is 9.90. The van der Waals surface area contributed by atoms with Crippen molar-refractivity contribution in [3.63, 3.8) is 0 Å². The lowest BCUT2D eigenvalue weighted by Crippen LogP contribution is -2.10. The fraction of sp³-hybridized carbons (Fsp3) is 0. The zero-order chi connectivity index (χ0) is 40.3. The van der Waals surface area contributed by atoms with Crippen LogP contribution >= 0.6 is 0 Å². The molecule has 0 atom stereocenters. The summed E-state index contributed by atoms with van der Waals surface area (Å²) in [5.74, 6) is 0.611. The van der Waals surface area contributed by atoms with Crippen LogP contribution in [0.3, 0.4) is 0 Å². The standard InChI is InChI=1S/C57H36N2O2/c1-3-14-37(15-4-1)39-26-30-42(31-27-39)59(43-32-28-40(29-33-43)38-16-5-2-6-17-38)52-24-13-22-49-54-50(36-41-18-7-8-19-44(41)56(54)61-55(49)52)47-34-35-48(46-21-10-9-20-45(46)47)57-58-51-23-11-12-25-53(51)60-57/h1-36H. The van der Waals surface area contributed by atoms with Crippen LogP contribution in [0.1, 0.15) is 0 Å². The number of fused-ring (bicyclic) bond motifs is 7. The van der Waals surface area contributed by atoms with Gasteiger partial charge in [0.05, 0.1) is 5.69 Å². The first-order valence-electron chi connectivity index (χ1n) is 20.6. The van der Waals surface area contributed by atoms with Crippen LogP contribution in [0.2, 0.25) is 0 Å². The van der Waals surface area contributed by atoms with E-state index in [1.807, 2.05) is 24.3 Å². The van der Waals surface area contributed by atoms with Crippen molar-refractivity contribution < 1.29 is 8.83 Å². The van der Waals surface area contributed by atoms with Crippen molar-refractivity contribution in [2.24, 2.45) is 0 Å². The maximum absolute atomic E-state index is 7.24. The van der Waals surface area contributed by atoms with Gasteiger partial charge in [0.2, 0.25) is 5.89 Å². The van der Waals surface area contributed by atoms with Crippen LogP contribution in [0.15, 0.2) is 227 Å². The van der Waals surface area contributed by atoms with Crippen molar-refractivity contribution in [2.45, 2.75) is 0 Å². The van der Waals surface area contributed by atoms with Gasteiger partial charge in [-0.15, -0.1) is 0 Å². The smallest absolute Gasteiger partial charge is 0.227 e. The van der Waals surface area contributed by atoms with Gasteiger partial charge in [-0.3, -0.25) is 0 Å². The quantitative estimate of drug-likeness (QED) is 0.162. The minimum absolute atomic E-state index is 0.611. The largest absolute Gasteiger partial charge is 0.453 e. The average molecular weight is 781 g/mol. The number of anilines is 3. The van der Waals surface area contributed by atoms with Gasteiger partial charge in [-0.25, -0.2) is 4.98 Å². The lowest BCUT2D eigenvalue weighted by Gasteiger charge is -2.26. The first kappa shape index (κ1) is 34.8. The summed E-state index contributed by atoms with van der Waals surface area (Å²) in [7, 11) is 0. The zero-order valence-corrected chi connectivity index (χ0v) is 33.0. The molecule has 2 aromatic heterocycles. The number of furan rings is 1. The molecule has 0 aliphatic carbocycles. The third kappa shape index (κ3) is 5.88. The molecule has 0 N–H and O–H groups in total. The first-order valence-corrected chi connectivity index (χ1v) is 20.6. The van der Waals surface area contributed by atoms with Gasteiger partial charge in [0.1, 0.15) is 11.1 Å². The van der Waals surface area contributed by atoms with E-state index < -0.39 is 0 Å². The number of oxazole rings is 1. The Hall–Kier alpha value is -8.21. The minimum Gasteiger partial charge on any atom is -0.453 e. The molecule has 0 aliphatic rings. The molecule has 2 heterocycles. The number of nitrogens with zero attached hydrogens (tertiary/aromatic N) is 2. The molecule has 0 saturated heterocycles. The molecule has 10 aromatic carbocycles. The van der Waals surface area contributed by atoms with Crippen LogP contribution in [0, 0.1) is 0 Å². The van der Waals surface area contributed by atoms with E-state index in [9.17, 15) is 0 Å². The Kier molecular flexibility index (Phi) is 8.13. The topological polar surface area (TPSA) is 42.4 Å². The molecule has 0 bridgehead atoms. The molecular formula is C57H36N2O2. The highest BCUT2D eigenvalue weighted by Gasteiger charge is 2.24. The van der Waals surface area contributed by atoms with Gasteiger partial charge in [0.15, 0.2) is 11.2 Å². The molecule has 0 amide bonds. The summed E-state index contributed by atoms with van der Waals surface area (Å²) in [5.41, 5.74) is 14.2. The van der Waals surface area contributed by atoms with Gasteiger partial charge >= 0.3 is 0 Å². The molecule has 0 fully saturated rings. The Morgan fingerprint density at radius 3 is 1.57 bits per heavy atom. The van der Waals surface area contributed by atoms with Gasteiger partial charge in [-0.05, 0) is 104 Å². The monoisotopic (exact) mass is 780 g/mol. The molecule has 4 nitrogen and oxygen atoms in total. The molecule has 12 aromatic rings. The van der Waals surface area contributed by atoms with E-state index in [2.05, 4.69) is 199 Å². The molecule has 0 spiro atoms. The van der Waals surface area contributed by atoms with Gasteiger partial charge in [0, 0.05) is 33.1 Å². The molecule has 286 valence electrons. The third-order valence-electron chi connectivity index (χ3n) is 11.9. The Labute approximate surface area is 352 Å². The highest BCUT2D eigenvalue weighted by Crippen LogP contribution is 2.48. The summed E-state index contributed by atoms with van der Waals surface area (Å²) >= 11 is 0. The number of aromatic nitrogens is 1. The minimum atomic E-state index is 0.611. The van der Waals surface area contributed by atoms with Gasteiger partial charge in [-0.2, -0.15) is 0 Å². The highest BCUT2D eigenvalue weighted by molar-refractivity contribution is 6.24. The summed E-state index contributed by atoms with van der Waals surface area (Å²) in [5, 5.41) is 6.50. The average Bonchev–Trinajstić information content (AvgIpc) is 3.95. The van der Waals surface area contributed by atoms with Crippen LogP contribution in [0.5, 0.6) is 0 Å². The van der Waals surface area contributed by atoms with Crippen LogP contribution < -0.4 is 4.90 Å². The van der Waals surface area contributed by atoms with Crippen LogP contribution in [-0.4, -0.2) is 4.98 Å². The molecule has 0 aliphatic heterocycles. The van der Waals surface area contributed by atoms with E-state index in [1.54, 1.807) is 0 Å². The maximum atomic E-state index is 7.24. The van der Waals surface area contributed by atoms with Crippen molar-refractivity contribution in [1.29, 1.82) is 0 Å². The van der Waals surface area contributed by atoms with E-state index in [0.717, 1.165) is 99.5 Å². The second-order valence-corrected chi connectivity index (χ2v) is 15.5. The van der Waals surface area contributed by atoms with Crippen molar-refractivity contribution in [1.82, 2.24) is 4.98 Å². The van der Waals surface area contributed by atoms with Gasteiger partial charge in [0.25, 0.3) is 0 Å². The molecule has 0 unspecified atom stereocenters. The van der Waals surface area contributed by atoms with Crippen LogP contribution in [0.4, 0.5) is 17.1 Å². The summed E-state index contributed by atoms with van der Waals surface area (Å²) < 4.78 is 13.6. The number of hydrogen-bond acceptors (Lipinski definition) is 4. The molecule has 4 heteroatoms. The van der Waals surface area contributed by atoms with Crippen LogP contribution in [-0.2, 0) is 0 Å². The normalized spacial score (nSPS) is 11.6. The first-order chi connectivity index (χ1) is 30.2. The summed E-state index contributed by atoms with van der Waals surface area (Å²) in [4.78, 5) is 7.21. The van der Waals surface area contributed by atoms with Gasteiger partial charge < -0.3 is 13.7 Å².